The van der Waals surface area contributed by atoms with Gasteiger partial charge in [0.15, 0.2) is 0 Å². The van der Waals surface area contributed by atoms with Crippen molar-refractivity contribution in [2.45, 2.75) is 38.6 Å². The van der Waals surface area contributed by atoms with Crippen LogP contribution in [0.1, 0.15) is 32.6 Å². The summed E-state index contributed by atoms with van der Waals surface area (Å²) in [5, 5.41) is 8.82. The number of nitrogens with two attached hydrogens (primary N) is 1. The Morgan fingerprint density at radius 3 is 3.00 bits per heavy atom. The van der Waals surface area contributed by atoms with E-state index in [0.29, 0.717) is 0 Å². The summed E-state index contributed by atoms with van der Waals surface area (Å²) in [5.41, 5.74) is 5.68. The maximum atomic E-state index is 8.82. The molecule has 3 heteroatoms. The molecule has 14 heavy (non-hydrogen) atoms. The van der Waals surface area contributed by atoms with Crippen molar-refractivity contribution in [3.8, 4) is 0 Å². The first-order valence-corrected chi connectivity index (χ1v) is 5.85. The number of nitrogens with zero attached hydrogens (tertiary/aromatic N) is 1. The van der Waals surface area contributed by atoms with E-state index in [1.165, 1.54) is 32.4 Å². The quantitative estimate of drug-likeness (QED) is 0.691. The van der Waals surface area contributed by atoms with E-state index in [0.717, 1.165) is 18.9 Å². The van der Waals surface area contributed by atoms with Crippen LogP contribution in [0.25, 0.3) is 0 Å². The van der Waals surface area contributed by atoms with Crippen LogP contribution in [0.15, 0.2) is 0 Å². The fourth-order valence-electron chi connectivity index (χ4n) is 2.13. The van der Waals surface area contributed by atoms with Crippen LogP contribution >= 0.6 is 0 Å². The van der Waals surface area contributed by atoms with Gasteiger partial charge in [0.05, 0.1) is 6.61 Å². The molecule has 1 saturated heterocycles. The highest BCUT2D eigenvalue weighted by atomic mass is 16.3. The minimum absolute atomic E-state index is 0.0306. The molecule has 0 bridgehead atoms. The first-order valence-electron chi connectivity index (χ1n) is 5.85. The number of likely N-dealkylation sites (tertiary alicyclic amines) is 1. The molecule has 2 unspecified atom stereocenters. The highest BCUT2D eigenvalue weighted by molar-refractivity contribution is 4.73. The third kappa shape index (κ3) is 3.95. The predicted octanol–water partition coefficient (Wildman–Crippen LogP) is 0.818. The van der Waals surface area contributed by atoms with Gasteiger partial charge in [0, 0.05) is 12.6 Å². The van der Waals surface area contributed by atoms with Gasteiger partial charge in [-0.15, -0.1) is 0 Å². The molecule has 0 aliphatic carbocycles. The third-order valence-electron chi connectivity index (χ3n) is 3.23. The minimum Gasteiger partial charge on any atom is -0.395 e. The van der Waals surface area contributed by atoms with Crippen molar-refractivity contribution in [3.63, 3.8) is 0 Å². The van der Waals surface area contributed by atoms with Gasteiger partial charge in [-0.05, 0) is 38.3 Å². The summed E-state index contributed by atoms with van der Waals surface area (Å²) in [4.78, 5) is 2.49. The zero-order valence-electron chi connectivity index (χ0n) is 9.28. The van der Waals surface area contributed by atoms with Crippen molar-refractivity contribution < 1.29 is 5.11 Å². The van der Waals surface area contributed by atoms with Gasteiger partial charge < -0.3 is 15.7 Å². The normalized spacial score (nSPS) is 26.4. The first kappa shape index (κ1) is 12.0. The zero-order valence-corrected chi connectivity index (χ0v) is 9.28. The number of aliphatic hydroxyl groups excluding tert-OH is 1. The number of rotatable bonds is 5. The average molecular weight is 200 g/mol. The van der Waals surface area contributed by atoms with E-state index in [4.69, 9.17) is 10.8 Å². The van der Waals surface area contributed by atoms with E-state index >= 15 is 0 Å². The van der Waals surface area contributed by atoms with E-state index in [9.17, 15) is 0 Å². The van der Waals surface area contributed by atoms with Crippen LogP contribution in [-0.4, -0.2) is 42.3 Å². The van der Waals surface area contributed by atoms with Crippen LogP contribution in [0.5, 0.6) is 0 Å². The molecule has 1 aliphatic rings. The Morgan fingerprint density at radius 2 is 2.36 bits per heavy atom. The monoisotopic (exact) mass is 200 g/mol. The van der Waals surface area contributed by atoms with Gasteiger partial charge in [-0.1, -0.05) is 13.3 Å². The second kappa shape index (κ2) is 6.38. The van der Waals surface area contributed by atoms with E-state index < -0.39 is 0 Å². The molecule has 0 amide bonds. The van der Waals surface area contributed by atoms with Crippen molar-refractivity contribution in [1.29, 1.82) is 0 Å². The second-order valence-electron chi connectivity index (χ2n) is 4.45. The van der Waals surface area contributed by atoms with E-state index in [1.54, 1.807) is 0 Å². The summed E-state index contributed by atoms with van der Waals surface area (Å²) in [5.74, 6) is 0.883. The molecule has 1 heterocycles. The topological polar surface area (TPSA) is 49.5 Å². The second-order valence-corrected chi connectivity index (χ2v) is 4.45. The van der Waals surface area contributed by atoms with E-state index in [1.807, 2.05) is 0 Å². The van der Waals surface area contributed by atoms with Gasteiger partial charge in [0.2, 0.25) is 0 Å². The zero-order chi connectivity index (χ0) is 10.4. The lowest BCUT2D eigenvalue weighted by Crippen LogP contribution is -2.38. The molecule has 0 spiro atoms. The van der Waals surface area contributed by atoms with Crippen molar-refractivity contribution in [2.75, 3.05) is 26.2 Å². The summed E-state index contributed by atoms with van der Waals surface area (Å²) < 4.78 is 0. The Morgan fingerprint density at radius 1 is 1.57 bits per heavy atom. The standard InChI is InChI=1S/C11H24N2O/c1-2-10-4-3-6-13(8-10)7-5-11(12)9-14/h10-11,14H,2-9,12H2,1H3. The molecule has 84 valence electrons. The Hall–Kier alpha value is -0.120. The van der Waals surface area contributed by atoms with E-state index in [2.05, 4.69) is 11.8 Å². The largest absolute Gasteiger partial charge is 0.395 e. The molecule has 1 aliphatic heterocycles. The Balaban J connectivity index is 2.17. The number of hydrogen-bond donors (Lipinski definition) is 2. The summed E-state index contributed by atoms with van der Waals surface area (Å²) >= 11 is 0. The Bertz CT molecular complexity index is 152. The average Bonchev–Trinajstić information content (AvgIpc) is 2.26. The fraction of sp³-hybridized carbons (Fsp3) is 1.00. The molecule has 0 saturated carbocycles. The van der Waals surface area contributed by atoms with Gasteiger partial charge in [-0.25, -0.2) is 0 Å². The molecule has 0 radical (unpaired) electrons. The Kier molecular flexibility index (Phi) is 5.45. The molecule has 0 aromatic rings. The molecule has 2 atom stereocenters. The van der Waals surface area contributed by atoms with Crippen LogP contribution in [0.2, 0.25) is 0 Å². The van der Waals surface area contributed by atoms with Crippen molar-refractivity contribution in [1.82, 2.24) is 4.90 Å². The summed E-state index contributed by atoms with van der Waals surface area (Å²) in [6.07, 6.45) is 4.93. The minimum atomic E-state index is -0.0306. The van der Waals surface area contributed by atoms with Gasteiger partial charge in [0.25, 0.3) is 0 Å². The van der Waals surface area contributed by atoms with Crippen LogP contribution in [0.3, 0.4) is 0 Å². The summed E-state index contributed by atoms with van der Waals surface area (Å²) in [7, 11) is 0. The Labute approximate surface area is 87.3 Å². The van der Waals surface area contributed by atoms with Gasteiger partial charge in [-0.2, -0.15) is 0 Å². The van der Waals surface area contributed by atoms with E-state index in [-0.39, 0.29) is 12.6 Å². The van der Waals surface area contributed by atoms with Crippen LogP contribution in [0, 0.1) is 5.92 Å². The molecule has 0 aromatic heterocycles. The van der Waals surface area contributed by atoms with Gasteiger partial charge in [0.1, 0.15) is 0 Å². The fourth-order valence-corrected chi connectivity index (χ4v) is 2.13. The molecule has 1 fully saturated rings. The number of hydrogen-bond acceptors (Lipinski definition) is 3. The smallest absolute Gasteiger partial charge is 0.0583 e. The molecule has 1 rings (SSSR count). The third-order valence-corrected chi connectivity index (χ3v) is 3.23. The lowest BCUT2D eigenvalue weighted by molar-refractivity contribution is 0.159. The highest BCUT2D eigenvalue weighted by Gasteiger charge is 2.18. The lowest BCUT2D eigenvalue weighted by atomic mass is 9.95. The predicted molar refractivity (Wildman–Crippen MR) is 59.1 cm³/mol. The molecule has 0 aromatic carbocycles. The van der Waals surface area contributed by atoms with Crippen LogP contribution in [0.4, 0.5) is 0 Å². The molecule has 3 N–H and O–H groups in total. The number of piperidine rings is 1. The van der Waals surface area contributed by atoms with Crippen molar-refractivity contribution >= 4 is 0 Å². The molecule has 3 nitrogen and oxygen atoms in total. The summed E-state index contributed by atoms with van der Waals surface area (Å²) in [6, 6.07) is -0.0306. The van der Waals surface area contributed by atoms with Gasteiger partial charge >= 0.3 is 0 Å². The number of aliphatic hydroxyl groups is 1. The highest BCUT2D eigenvalue weighted by Crippen LogP contribution is 2.19. The van der Waals surface area contributed by atoms with Gasteiger partial charge in [-0.3, -0.25) is 0 Å². The summed E-state index contributed by atoms with van der Waals surface area (Å²) in [6.45, 7) is 5.89. The van der Waals surface area contributed by atoms with Crippen molar-refractivity contribution in [3.05, 3.63) is 0 Å². The molecular weight excluding hydrogens is 176 g/mol. The SMILES string of the molecule is CCC1CCCN(CCC(N)CO)C1. The maximum absolute atomic E-state index is 8.82. The lowest BCUT2D eigenvalue weighted by Gasteiger charge is -2.32. The first-order chi connectivity index (χ1) is 6.76. The van der Waals surface area contributed by atoms with Crippen LogP contribution < -0.4 is 5.73 Å². The molecular formula is C11H24N2O. The van der Waals surface area contributed by atoms with Crippen molar-refractivity contribution in [2.24, 2.45) is 11.7 Å². The van der Waals surface area contributed by atoms with Crippen LogP contribution in [-0.2, 0) is 0 Å². The maximum Gasteiger partial charge on any atom is 0.0583 e.